The number of rotatable bonds is 6. The zero-order valence-electron chi connectivity index (χ0n) is 17.0. The minimum Gasteiger partial charge on any atom is -0.345 e. The van der Waals surface area contributed by atoms with Crippen LogP contribution < -0.4 is 11.0 Å². The molecule has 1 aromatic heterocycles. The summed E-state index contributed by atoms with van der Waals surface area (Å²) in [5.41, 5.74) is 0.912. The van der Waals surface area contributed by atoms with Gasteiger partial charge in [-0.3, -0.25) is 13.9 Å². The summed E-state index contributed by atoms with van der Waals surface area (Å²) in [4.78, 5) is 24.8. The number of halogens is 3. The van der Waals surface area contributed by atoms with Crippen molar-refractivity contribution in [2.75, 3.05) is 6.54 Å². The number of hydrogen-bond donors (Lipinski definition) is 1. The van der Waals surface area contributed by atoms with E-state index in [0.717, 1.165) is 29.6 Å². The summed E-state index contributed by atoms with van der Waals surface area (Å²) in [6.07, 6.45) is -3.52. The maximum atomic E-state index is 12.7. The summed E-state index contributed by atoms with van der Waals surface area (Å²) >= 11 is 0. The van der Waals surface area contributed by atoms with E-state index in [1.807, 2.05) is 31.2 Å². The fourth-order valence-electron chi connectivity index (χ4n) is 3.29. The van der Waals surface area contributed by atoms with Crippen LogP contribution in [-0.2, 0) is 24.1 Å². The van der Waals surface area contributed by atoms with Crippen molar-refractivity contribution < 1.29 is 18.0 Å². The predicted octanol–water partition coefficient (Wildman–Crippen LogP) is 3.79. The van der Waals surface area contributed by atoms with E-state index in [-0.39, 0.29) is 36.7 Å². The molecule has 0 spiro atoms. The van der Waals surface area contributed by atoms with Crippen LogP contribution in [0.2, 0.25) is 0 Å². The number of benzene rings is 2. The topological polar surface area (TPSA) is 56.0 Å². The van der Waals surface area contributed by atoms with E-state index in [0.29, 0.717) is 6.54 Å². The average Bonchev–Trinajstić information content (AvgIpc) is 3.01. The second-order valence-electron chi connectivity index (χ2n) is 6.98. The van der Waals surface area contributed by atoms with Gasteiger partial charge in [0.15, 0.2) is 0 Å². The number of nitrogens with one attached hydrogen (secondary N) is 1. The number of alkyl halides is 3. The molecule has 0 aliphatic rings. The Kier molecular flexibility index (Phi) is 6.85. The van der Waals surface area contributed by atoms with E-state index in [4.69, 9.17) is 0 Å². The normalized spacial score (nSPS) is 11.2. The molecule has 0 fully saturated rings. The second kappa shape index (κ2) is 9.56. The molecular weight excluding hydrogens is 407 g/mol. The molecule has 1 heterocycles. The van der Waals surface area contributed by atoms with Crippen molar-refractivity contribution in [3.63, 3.8) is 0 Å². The molecule has 0 aliphatic carbocycles. The standard InChI is InChI=1S/C23H22F3N3O2/c1-2-14-28-19-10-3-4-11-20(19)29(22(28)31)15-12-21(30)27-13-6-8-17-7-5-9-18(16-17)23(24,25)26/h3-5,7,9-11,16H,2,12-15H2,1H3,(H,27,30). The van der Waals surface area contributed by atoms with Gasteiger partial charge in [-0.1, -0.05) is 37.0 Å². The van der Waals surface area contributed by atoms with Crippen molar-refractivity contribution in [3.8, 4) is 11.8 Å². The van der Waals surface area contributed by atoms with Gasteiger partial charge in [-0.25, -0.2) is 4.79 Å². The summed E-state index contributed by atoms with van der Waals surface area (Å²) in [6.45, 7) is 2.82. The minimum atomic E-state index is -4.43. The highest BCUT2D eigenvalue weighted by molar-refractivity contribution is 5.78. The molecule has 1 amide bonds. The lowest BCUT2D eigenvalue weighted by atomic mass is 10.1. The molecule has 0 radical (unpaired) electrons. The van der Waals surface area contributed by atoms with E-state index in [9.17, 15) is 22.8 Å². The van der Waals surface area contributed by atoms with E-state index in [2.05, 4.69) is 17.2 Å². The van der Waals surface area contributed by atoms with Crippen LogP contribution in [0.5, 0.6) is 0 Å². The molecule has 2 aromatic carbocycles. The highest BCUT2D eigenvalue weighted by Gasteiger charge is 2.30. The Bertz CT molecular complexity index is 1200. The SMILES string of the molecule is CCCn1c(=O)n(CCC(=O)NCC#Cc2cccc(C(F)(F)F)c2)c2ccccc21. The van der Waals surface area contributed by atoms with Gasteiger partial charge in [0, 0.05) is 25.1 Å². The van der Waals surface area contributed by atoms with Crippen molar-refractivity contribution in [2.24, 2.45) is 0 Å². The fourth-order valence-corrected chi connectivity index (χ4v) is 3.29. The lowest BCUT2D eigenvalue weighted by molar-refractivity contribution is -0.137. The van der Waals surface area contributed by atoms with Crippen LogP contribution in [0.3, 0.4) is 0 Å². The third-order valence-electron chi connectivity index (χ3n) is 4.73. The number of amides is 1. The van der Waals surface area contributed by atoms with Gasteiger partial charge in [-0.15, -0.1) is 0 Å². The van der Waals surface area contributed by atoms with Gasteiger partial charge in [-0.05, 0) is 36.8 Å². The molecule has 0 saturated heterocycles. The molecule has 0 unspecified atom stereocenters. The molecule has 0 aliphatic heterocycles. The number of imidazole rings is 1. The quantitative estimate of drug-likeness (QED) is 0.607. The third kappa shape index (κ3) is 5.37. The van der Waals surface area contributed by atoms with Crippen molar-refractivity contribution in [3.05, 3.63) is 70.1 Å². The van der Waals surface area contributed by atoms with E-state index in [1.165, 1.54) is 12.1 Å². The maximum Gasteiger partial charge on any atom is 0.416 e. The van der Waals surface area contributed by atoms with Gasteiger partial charge in [0.25, 0.3) is 0 Å². The Balaban J connectivity index is 1.60. The maximum absolute atomic E-state index is 12.7. The molecule has 5 nitrogen and oxygen atoms in total. The average molecular weight is 429 g/mol. The Morgan fingerprint density at radius 3 is 2.35 bits per heavy atom. The van der Waals surface area contributed by atoms with E-state index < -0.39 is 11.7 Å². The molecule has 0 atom stereocenters. The van der Waals surface area contributed by atoms with Crippen LogP contribution in [-0.4, -0.2) is 21.6 Å². The Morgan fingerprint density at radius 1 is 1.03 bits per heavy atom. The number of fused-ring (bicyclic) bond motifs is 1. The number of para-hydroxylation sites is 2. The van der Waals surface area contributed by atoms with Crippen molar-refractivity contribution in [1.29, 1.82) is 0 Å². The van der Waals surface area contributed by atoms with Gasteiger partial charge in [0.2, 0.25) is 5.91 Å². The van der Waals surface area contributed by atoms with E-state index >= 15 is 0 Å². The molecule has 0 bridgehead atoms. The van der Waals surface area contributed by atoms with Crippen molar-refractivity contribution in [1.82, 2.24) is 14.5 Å². The van der Waals surface area contributed by atoms with Crippen molar-refractivity contribution >= 4 is 16.9 Å². The lowest BCUT2D eigenvalue weighted by Gasteiger charge is -2.06. The highest BCUT2D eigenvalue weighted by atomic mass is 19.4. The smallest absolute Gasteiger partial charge is 0.345 e. The largest absolute Gasteiger partial charge is 0.416 e. The number of carbonyl (C=O) groups excluding carboxylic acids is 1. The highest BCUT2D eigenvalue weighted by Crippen LogP contribution is 2.29. The number of aryl methyl sites for hydroxylation is 2. The summed E-state index contributed by atoms with van der Waals surface area (Å²) in [7, 11) is 0. The van der Waals surface area contributed by atoms with Crippen LogP contribution in [0.25, 0.3) is 11.0 Å². The zero-order chi connectivity index (χ0) is 22.4. The molecule has 162 valence electrons. The Hall–Kier alpha value is -3.47. The number of hydrogen-bond acceptors (Lipinski definition) is 2. The second-order valence-corrected chi connectivity index (χ2v) is 6.98. The Labute approximate surface area is 177 Å². The van der Waals surface area contributed by atoms with Crippen LogP contribution in [0.15, 0.2) is 53.3 Å². The molecule has 31 heavy (non-hydrogen) atoms. The van der Waals surface area contributed by atoms with Crippen molar-refractivity contribution in [2.45, 2.75) is 39.0 Å². The fraction of sp³-hybridized carbons (Fsp3) is 0.304. The first-order valence-electron chi connectivity index (χ1n) is 9.92. The molecule has 1 N–H and O–H groups in total. The minimum absolute atomic E-state index is 0.00156. The zero-order valence-corrected chi connectivity index (χ0v) is 17.0. The van der Waals surface area contributed by atoms with Crippen LogP contribution in [0, 0.1) is 11.8 Å². The lowest BCUT2D eigenvalue weighted by Crippen LogP contribution is -2.28. The first-order valence-corrected chi connectivity index (χ1v) is 9.92. The third-order valence-corrected chi connectivity index (χ3v) is 4.73. The van der Waals surface area contributed by atoms with E-state index in [1.54, 1.807) is 9.13 Å². The van der Waals surface area contributed by atoms with Gasteiger partial charge in [0.05, 0.1) is 23.1 Å². The molecule has 0 saturated carbocycles. The summed E-state index contributed by atoms with van der Waals surface area (Å²) in [5, 5.41) is 2.61. The number of carbonyl (C=O) groups is 1. The first-order chi connectivity index (χ1) is 14.8. The monoisotopic (exact) mass is 429 g/mol. The van der Waals surface area contributed by atoms with Gasteiger partial charge in [-0.2, -0.15) is 13.2 Å². The Morgan fingerprint density at radius 2 is 1.71 bits per heavy atom. The van der Waals surface area contributed by atoms with Crippen LogP contribution >= 0.6 is 0 Å². The number of aromatic nitrogens is 2. The van der Waals surface area contributed by atoms with Gasteiger partial charge >= 0.3 is 11.9 Å². The molecular formula is C23H22F3N3O2. The molecule has 8 heteroatoms. The van der Waals surface area contributed by atoms with Gasteiger partial charge in [0.1, 0.15) is 0 Å². The molecule has 3 aromatic rings. The summed E-state index contributed by atoms with van der Waals surface area (Å²) in [5.74, 6) is 4.97. The van der Waals surface area contributed by atoms with Gasteiger partial charge < -0.3 is 5.32 Å². The number of nitrogens with zero attached hydrogens (tertiary/aromatic N) is 2. The van der Waals surface area contributed by atoms with Crippen LogP contribution in [0.1, 0.15) is 30.9 Å². The predicted molar refractivity (Wildman–Crippen MR) is 112 cm³/mol. The first kappa shape index (κ1) is 22.2. The summed E-state index contributed by atoms with van der Waals surface area (Å²) in [6, 6.07) is 12.2. The summed E-state index contributed by atoms with van der Waals surface area (Å²) < 4.78 is 41.5. The molecule has 3 rings (SSSR count). The van der Waals surface area contributed by atoms with Crippen LogP contribution in [0.4, 0.5) is 13.2 Å².